The molecule has 21 heavy (non-hydrogen) atoms. The van der Waals surface area contributed by atoms with Crippen molar-refractivity contribution in [2.75, 3.05) is 12.9 Å². The largest absolute Gasteiger partial charge is 0.496 e. The Bertz CT molecular complexity index is 634. The number of halogens is 2. The number of thioether (sulfide) groups is 1. The average molecular weight is 309 g/mol. The first-order valence-corrected chi connectivity index (χ1v) is 7.48. The Balaban J connectivity index is 2.13. The van der Waals surface area contributed by atoms with Crippen LogP contribution in [0.4, 0.5) is 8.78 Å². The normalized spacial score (nSPS) is 12.2. The Morgan fingerprint density at radius 1 is 1.19 bits per heavy atom. The highest BCUT2D eigenvalue weighted by Gasteiger charge is 2.14. The van der Waals surface area contributed by atoms with Gasteiger partial charge in [-0.15, -0.1) is 11.8 Å². The molecule has 2 aromatic rings. The fraction of sp³-hybridized carbons (Fsp3) is 0.250. The molecule has 0 amide bonds. The van der Waals surface area contributed by atoms with E-state index in [9.17, 15) is 8.78 Å². The molecule has 0 aliphatic carbocycles. The van der Waals surface area contributed by atoms with Crippen LogP contribution in [0.1, 0.15) is 17.2 Å². The van der Waals surface area contributed by atoms with Crippen LogP contribution in [0.15, 0.2) is 41.3 Å². The number of nitrogens with two attached hydrogens (primary N) is 1. The van der Waals surface area contributed by atoms with Crippen molar-refractivity contribution >= 4 is 11.8 Å². The van der Waals surface area contributed by atoms with Crippen molar-refractivity contribution in [3.63, 3.8) is 0 Å². The van der Waals surface area contributed by atoms with Crippen LogP contribution in [0.2, 0.25) is 0 Å². The van der Waals surface area contributed by atoms with Gasteiger partial charge in [0.05, 0.1) is 7.11 Å². The standard InChI is InChI=1S/C16H17F2NOS/c1-10-3-6-15(20-2)12(7-10)14(19)9-21-16-8-11(17)4-5-13(16)18/h3-8,14H,9,19H2,1-2H3. The van der Waals surface area contributed by atoms with Gasteiger partial charge in [-0.05, 0) is 31.2 Å². The molecule has 0 bridgehead atoms. The molecule has 2 nitrogen and oxygen atoms in total. The van der Waals surface area contributed by atoms with Crippen molar-refractivity contribution in [3.8, 4) is 5.75 Å². The average Bonchev–Trinajstić information content (AvgIpc) is 2.47. The summed E-state index contributed by atoms with van der Waals surface area (Å²) in [5, 5.41) is 0. The molecule has 0 saturated heterocycles. The number of benzene rings is 2. The van der Waals surface area contributed by atoms with E-state index in [0.717, 1.165) is 23.3 Å². The molecule has 0 aromatic heterocycles. The van der Waals surface area contributed by atoms with Crippen LogP contribution in [0.25, 0.3) is 0 Å². The molecule has 0 aliphatic heterocycles. The van der Waals surface area contributed by atoms with Gasteiger partial charge < -0.3 is 10.5 Å². The Morgan fingerprint density at radius 2 is 1.95 bits per heavy atom. The van der Waals surface area contributed by atoms with Gasteiger partial charge in [-0.1, -0.05) is 17.7 Å². The summed E-state index contributed by atoms with van der Waals surface area (Å²) in [5.74, 6) is 0.235. The number of methoxy groups -OCH3 is 1. The van der Waals surface area contributed by atoms with Crippen LogP contribution in [0.3, 0.4) is 0 Å². The van der Waals surface area contributed by atoms with Crippen LogP contribution in [-0.2, 0) is 0 Å². The van der Waals surface area contributed by atoms with Crippen LogP contribution < -0.4 is 10.5 Å². The predicted octanol–water partition coefficient (Wildman–Crippen LogP) is 4.07. The van der Waals surface area contributed by atoms with Crippen LogP contribution in [0.5, 0.6) is 5.75 Å². The van der Waals surface area contributed by atoms with Gasteiger partial charge in [-0.25, -0.2) is 8.78 Å². The van der Waals surface area contributed by atoms with Gasteiger partial charge in [0.15, 0.2) is 0 Å². The van der Waals surface area contributed by atoms with Crippen molar-refractivity contribution in [1.82, 2.24) is 0 Å². The second-order valence-electron chi connectivity index (χ2n) is 4.74. The van der Waals surface area contributed by atoms with E-state index >= 15 is 0 Å². The molecule has 0 spiro atoms. The summed E-state index contributed by atoms with van der Waals surface area (Å²) in [6.07, 6.45) is 0. The summed E-state index contributed by atoms with van der Waals surface area (Å²) in [5.41, 5.74) is 8.09. The summed E-state index contributed by atoms with van der Waals surface area (Å²) in [6, 6.07) is 8.82. The molecular formula is C16H17F2NOS. The Morgan fingerprint density at radius 3 is 2.67 bits per heavy atom. The van der Waals surface area contributed by atoms with Gasteiger partial charge in [0, 0.05) is 22.3 Å². The second kappa shape index (κ2) is 6.91. The molecule has 5 heteroatoms. The molecule has 0 heterocycles. The van der Waals surface area contributed by atoms with Crippen molar-refractivity contribution < 1.29 is 13.5 Å². The SMILES string of the molecule is COc1ccc(C)cc1C(N)CSc1cc(F)ccc1F. The summed E-state index contributed by atoms with van der Waals surface area (Å²) < 4.78 is 32.0. The fourth-order valence-corrected chi connectivity index (χ4v) is 2.94. The molecule has 2 rings (SSSR count). The van der Waals surface area contributed by atoms with E-state index in [1.54, 1.807) is 7.11 Å². The molecular weight excluding hydrogens is 292 g/mol. The van der Waals surface area contributed by atoms with E-state index in [4.69, 9.17) is 10.5 Å². The molecule has 1 atom stereocenters. The Kier molecular flexibility index (Phi) is 5.20. The zero-order chi connectivity index (χ0) is 15.4. The number of hydrogen-bond acceptors (Lipinski definition) is 3. The molecule has 1 unspecified atom stereocenters. The highest BCUT2D eigenvalue weighted by atomic mass is 32.2. The zero-order valence-corrected chi connectivity index (χ0v) is 12.7. The summed E-state index contributed by atoms with van der Waals surface area (Å²) >= 11 is 1.19. The first-order valence-electron chi connectivity index (χ1n) is 6.49. The number of rotatable bonds is 5. The zero-order valence-electron chi connectivity index (χ0n) is 11.9. The molecule has 2 aromatic carbocycles. The van der Waals surface area contributed by atoms with E-state index in [0.29, 0.717) is 11.5 Å². The highest BCUT2D eigenvalue weighted by Crippen LogP contribution is 2.30. The topological polar surface area (TPSA) is 35.2 Å². The van der Waals surface area contributed by atoms with Crippen LogP contribution in [0, 0.1) is 18.6 Å². The minimum Gasteiger partial charge on any atom is -0.496 e. The van der Waals surface area contributed by atoms with E-state index in [1.165, 1.54) is 17.8 Å². The number of ether oxygens (including phenoxy) is 1. The smallest absolute Gasteiger partial charge is 0.136 e. The van der Waals surface area contributed by atoms with Gasteiger partial charge in [-0.2, -0.15) is 0 Å². The molecule has 112 valence electrons. The first kappa shape index (κ1) is 15.8. The van der Waals surface area contributed by atoms with Gasteiger partial charge in [0.2, 0.25) is 0 Å². The highest BCUT2D eigenvalue weighted by molar-refractivity contribution is 7.99. The van der Waals surface area contributed by atoms with E-state index in [2.05, 4.69) is 0 Å². The molecule has 0 fully saturated rings. The van der Waals surface area contributed by atoms with Gasteiger partial charge in [0.1, 0.15) is 17.4 Å². The minimum atomic E-state index is -0.458. The third kappa shape index (κ3) is 3.95. The third-order valence-corrected chi connectivity index (χ3v) is 4.25. The van der Waals surface area contributed by atoms with Crippen molar-refractivity contribution in [1.29, 1.82) is 0 Å². The van der Waals surface area contributed by atoms with E-state index in [1.807, 2.05) is 25.1 Å². The van der Waals surface area contributed by atoms with Crippen LogP contribution in [-0.4, -0.2) is 12.9 Å². The maximum atomic E-state index is 13.6. The third-order valence-electron chi connectivity index (χ3n) is 3.10. The van der Waals surface area contributed by atoms with Gasteiger partial charge in [-0.3, -0.25) is 0 Å². The Hall–Kier alpha value is -1.59. The summed E-state index contributed by atoms with van der Waals surface area (Å²) in [4.78, 5) is 0.261. The minimum absolute atomic E-state index is 0.261. The molecule has 0 aliphatic rings. The summed E-state index contributed by atoms with van der Waals surface area (Å²) in [7, 11) is 1.58. The predicted molar refractivity (Wildman–Crippen MR) is 81.7 cm³/mol. The second-order valence-corrected chi connectivity index (χ2v) is 5.80. The van der Waals surface area contributed by atoms with Crippen molar-refractivity contribution in [2.24, 2.45) is 5.73 Å². The fourth-order valence-electron chi connectivity index (χ4n) is 2.00. The molecule has 0 radical (unpaired) electrons. The molecule has 0 saturated carbocycles. The first-order chi connectivity index (χ1) is 10.0. The lowest BCUT2D eigenvalue weighted by Crippen LogP contribution is -2.14. The number of hydrogen-bond donors (Lipinski definition) is 1. The maximum Gasteiger partial charge on any atom is 0.136 e. The number of aryl methyl sites for hydroxylation is 1. The Labute approximate surface area is 127 Å². The lowest BCUT2D eigenvalue weighted by Gasteiger charge is -2.16. The quantitative estimate of drug-likeness (QED) is 0.846. The lowest BCUT2D eigenvalue weighted by atomic mass is 10.1. The van der Waals surface area contributed by atoms with Crippen molar-refractivity contribution in [2.45, 2.75) is 17.9 Å². The monoisotopic (exact) mass is 309 g/mol. The van der Waals surface area contributed by atoms with E-state index in [-0.39, 0.29) is 10.9 Å². The summed E-state index contributed by atoms with van der Waals surface area (Å²) in [6.45, 7) is 1.97. The van der Waals surface area contributed by atoms with Crippen molar-refractivity contribution in [3.05, 3.63) is 59.2 Å². The van der Waals surface area contributed by atoms with E-state index < -0.39 is 11.6 Å². The maximum absolute atomic E-state index is 13.6. The van der Waals surface area contributed by atoms with Crippen LogP contribution >= 0.6 is 11.8 Å². The van der Waals surface area contributed by atoms with Gasteiger partial charge >= 0.3 is 0 Å². The lowest BCUT2D eigenvalue weighted by molar-refractivity contribution is 0.407. The van der Waals surface area contributed by atoms with Gasteiger partial charge in [0.25, 0.3) is 0 Å². The molecule has 2 N–H and O–H groups in total.